The average Bonchev–Trinajstić information content (AvgIpc) is 2.00. The lowest BCUT2D eigenvalue weighted by Crippen LogP contribution is -2.63. The normalized spacial score (nSPS) is 36.0. The van der Waals surface area contributed by atoms with Crippen LogP contribution in [0.4, 0.5) is 0 Å². The van der Waals surface area contributed by atoms with Crippen LogP contribution in [0.2, 0.25) is 0 Å². The first-order valence-corrected chi connectivity index (χ1v) is 6.39. The van der Waals surface area contributed by atoms with Gasteiger partial charge in [0.2, 0.25) is 0 Å². The van der Waals surface area contributed by atoms with Gasteiger partial charge in [-0.2, -0.15) is 12.6 Å². The molecular weight excluding hydrogens is 311 g/mol. The first-order chi connectivity index (χ1) is 6.48. The Morgan fingerprint density at radius 2 is 1.79 bits per heavy atom. The summed E-state index contributed by atoms with van der Waals surface area (Å²) in [4.78, 5) is 2.44. The highest BCUT2D eigenvalue weighted by molar-refractivity contribution is 14.1. The fraction of sp³-hybridized carbons (Fsp3) is 1.00. The minimum Gasteiger partial charge on any atom is -0.378 e. The molecule has 5 heteroatoms. The van der Waals surface area contributed by atoms with Gasteiger partial charge in [-0.1, -0.05) is 0 Å². The molecule has 0 aliphatic carbocycles. The second kappa shape index (κ2) is 4.08. The summed E-state index contributed by atoms with van der Waals surface area (Å²) in [5.41, 5.74) is 0. The van der Waals surface area contributed by atoms with Crippen LogP contribution in [0, 0.1) is 0 Å². The Labute approximate surface area is 105 Å². The summed E-state index contributed by atoms with van der Waals surface area (Å²) < 4.78 is 8.00. The van der Waals surface area contributed by atoms with E-state index in [9.17, 15) is 0 Å². The van der Waals surface area contributed by atoms with E-state index in [0.29, 0.717) is 12.1 Å². The highest BCUT2D eigenvalue weighted by atomic mass is 127. The maximum Gasteiger partial charge on any atom is 0.0643 e. The monoisotopic (exact) mass is 328 g/mol. The third-order valence-electron chi connectivity index (χ3n) is 2.95. The maximum atomic E-state index is 5.57. The highest BCUT2D eigenvalue weighted by Crippen LogP contribution is 2.30. The van der Waals surface area contributed by atoms with Crippen LogP contribution < -0.4 is 0 Å². The molecule has 2 bridgehead atoms. The largest absolute Gasteiger partial charge is 0.378 e. The van der Waals surface area contributed by atoms with Crippen molar-refractivity contribution in [1.82, 2.24) is 8.01 Å². The van der Waals surface area contributed by atoms with Gasteiger partial charge in [0, 0.05) is 36.0 Å². The molecule has 0 saturated carbocycles. The van der Waals surface area contributed by atoms with Crippen molar-refractivity contribution in [3.63, 3.8) is 0 Å². The molecule has 0 aromatic heterocycles. The van der Waals surface area contributed by atoms with E-state index < -0.39 is 0 Å². The summed E-state index contributed by atoms with van der Waals surface area (Å²) in [7, 11) is 0. The second-order valence-electron chi connectivity index (χ2n) is 4.59. The standard InChI is InChI=1S/C9H17IN2OS/c1-9(2,14)11-3-7-5-13-6-8(4-11)12(7)10/h7-8,14H,3-6H2,1-2H3. The summed E-state index contributed by atoms with van der Waals surface area (Å²) in [5.74, 6) is 0. The molecule has 2 fully saturated rings. The zero-order valence-corrected chi connectivity index (χ0v) is 11.7. The third kappa shape index (κ3) is 2.21. The first-order valence-electron chi connectivity index (χ1n) is 4.98. The molecule has 0 amide bonds. The van der Waals surface area contributed by atoms with Crippen molar-refractivity contribution in [2.75, 3.05) is 26.3 Å². The fourth-order valence-electron chi connectivity index (χ4n) is 2.07. The van der Waals surface area contributed by atoms with Gasteiger partial charge < -0.3 is 4.74 Å². The molecule has 2 aliphatic heterocycles. The Kier molecular flexibility index (Phi) is 3.34. The molecule has 2 heterocycles. The van der Waals surface area contributed by atoms with E-state index in [-0.39, 0.29) is 4.87 Å². The van der Waals surface area contributed by atoms with Gasteiger partial charge in [0.25, 0.3) is 0 Å². The molecule has 14 heavy (non-hydrogen) atoms. The quantitative estimate of drug-likeness (QED) is 0.445. The van der Waals surface area contributed by atoms with Gasteiger partial charge in [-0.15, -0.1) is 0 Å². The summed E-state index contributed by atoms with van der Waals surface area (Å²) in [6.45, 7) is 8.18. The smallest absolute Gasteiger partial charge is 0.0643 e. The van der Waals surface area contributed by atoms with Crippen LogP contribution in [0.5, 0.6) is 0 Å². The molecule has 0 aromatic carbocycles. The van der Waals surface area contributed by atoms with E-state index in [2.05, 4.69) is 57.4 Å². The Morgan fingerprint density at radius 3 is 2.21 bits per heavy atom. The number of hydrogen-bond donors (Lipinski definition) is 1. The van der Waals surface area contributed by atoms with Crippen molar-refractivity contribution < 1.29 is 4.74 Å². The van der Waals surface area contributed by atoms with Crippen LogP contribution in [0.1, 0.15) is 13.8 Å². The number of fused-ring (bicyclic) bond motifs is 2. The van der Waals surface area contributed by atoms with Crippen LogP contribution >= 0.6 is 35.5 Å². The molecule has 2 aliphatic rings. The number of rotatable bonds is 1. The van der Waals surface area contributed by atoms with Gasteiger partial charge in [-0.25, -0.2) is 3.11 Å². The first kappa shape index (κ1) is 11.4. The summed E-state index contributed by atoms with van der Waals surface area (Å²) in [5, 5.41) is 0. The molecule has 0 spiro atoms. The lowest BCUT2D eigenvalue weighted by Gasteiger charge is -2.50. The number of halogens is 1. The van der Waals surface area contributed by atoms with Crippen LogP contribution in [-0.2, 0) is 4.74 Å². The van der Waals surface area contributed by atoms with Gasteiger partial charge in [-0.05, 0) is 13.8 Å². The molecule has 0 radical (unpaired) electrons. The topological polar surface area (TPSA) is 15.7 Å². The predicted molar refractivity (Wildman–Crippen MR) is 68.9 cm³/mol. The molecule has 0 N–H and O–H groups in total. The van der Waals surface area contributed by atoms with Crippen LogP contribution in [0.3, 0.4) is 0 Å². The highest BCUT2D eigenvalue weighted by Gasteiger charge is 2.40. The molecule has 2 atom stereocenters. The molecule has 82 valence electrons. The van der Waals surface area contributed by atoms with Gasteiger partial charge in [-0.3, -0.25) is 4.90 Å². The Bertz CT molecular complexity index is 207. The van der Waals surface area contributed by atoms with Crippen molar-refractivity contribution in [2.45, 2.75) is 30.8 Å². The van der Waals surface area contributed by atoms with Crippen molar-refractivity contribution in [1.29, 1.82) is 0 Å². The minimum absolute atomic E-state index is 0.00819. The van der Waals surface area contributed by atoms with E-state index in [4.69, 9.17) is 4.74 Å². The zero-order chi connectivity index (χ0) is 10.3. The molecule has 2 unspecified atom stereocenters. The van der Waals surface area contributed by atoms with Gasteiger partial charge >= 0.3 is 0 Å². The summed E-state index contributed by atoms with van der Waals surface area (Å²) in [6, 6.07) is 1.07. The Hall–Kier alpha value is 0.960. The van der Waals surface area contributed by atoms with E-state index in [0.717, 1.165) is 26.3 Å². The number of thiol groups is 1. The van der Waals surface area contributed by atoms with Crippen LogP contribution in [0.25, 0.3) is 0 Å². The molecule has 2 rings (SSSR count). The molecule has 2 saturated heterocycles. The lowest BCUT2D eigenvalue weighted by atomic mass is 10.1. The Morgan fingerprint density at radius 1 is 1.29 bits per heavy atom. The maximum absolute atomic E-state index is 5.57. The van der Waals surface area contributed by atoms with E-state index >= 15 is 0 Å². The zero-order valence-electron chi connectivity index (χ0n) is 8.61. The number of ether oxygens (including phenoxy) is 1. The van der Waals surface area contributed by atoms with E-state index in [1.807, 2.05) is 0 Å². The van der Waals surface area contributed by atoms with Gasteiger partial charge in [0.05, 0.1) is 30.2 Å². The number of nitrogens with zero attached hydrogens (tertiary/aromatic N) is 2. The number of morpholine rings is 1. The predicted octanol–water partition coefficient (Wildman–Crippen LogP) is 1.39. The van der Waals surface area contributed by atoms with Crippen molar-refractivity contribution >= 4 is 35.5 Å². The number of hydrogen-bond acceptors (Lipinski definition) is 4. The average molecular weight is 328 g/mol. The van der Waals surface area contributed by atoms with Crippen LogP contribution in [-0.4, -0.2) is 51.3 Å². The summed E-state index contributed by atoms with van der Waals surface area (Å²) >= 11 is 7.07. The van der Waals surface area contributed by atoms with Crippen LogP contribution in [0.15, 0.2) is 0 Å². The summed E-state index contributed by atoms with van der Waals surface area (Å²) in [6.07, 6.45) is 0. The van der Waals surface area contributed by atoms with Crippen molar-refractivity contribution in [3.8, 4) is 0 Å². The molecule has 0 aromatic rings. The SMILES string of the molecule is CC(C)(S)N1CC2COCC(C1)N2I. The van der Waals surface area contributed by atoms with Crippen molar-refractivity contribution in [3.05, 3.63) is 0 Å². The fourth-order valence-corrected chi connectivity index (χ4v) is 2.91. The molecular formula is C9H17IN2OS. The second-order valence-corrected chi connectivity index (χ2v) is 6.80. The van der Waals surface area contributed by atoms with Crippen molar-refractivity contribution in [2.24, 2.45) is 0 Å². The lowest BCUT2D eigenvalue weighted by molar-refractivity contribution is -0.0553. The van der Waals surface area contributed by atoms with E-state index in [1.54, 1.807) is 0 Å². The minimum atomic E-state index is -0.00819. The van der Waals surface area contributed by atoms with Gasteiger partial charge in [0.15, 0.2) is 0 Å². The van der Waals surface area contributed by atoms with E-state index in [1.165, 1.54) is 0 Å². The van der Waals surface area contributed by atoms with Gasteiger partial charge in [0.1, 0.15) is 0 Å². The third-order valence-corrected chi connectivity index (χ3v) is 4.81. The molecule has 3 nitrogen and oxygen atoms in total. The Balaban J connectivity index is 2.08. The number of piperazine rings is 1.